The molecule has 6 nitrogen and oxygen atoms in total. The number of benzene rings is 1. The Hall–Kier alpha value is -2.54. The van der Waals surface area contributed by atoms with Crippen LogP contribution in [-0.4, -0.2) is 44.1 Å². The van der Waals surface area contributed by atoms with Crippen molar-refractivity contribution in [3.05, 3.63) is 46.2 Å². The van der Waals surface area contributed by atoms with Crippen molar-refractivity contribution < 1.29 is 14.3 Å². The Morgan fingerprint density at radius 3 is 2.72 bits per heavy atom. The number of nitrogens with zero attached hydrogens (tertiary/aromatic N) is 1. The van der Waals surface area contributed by atoms with Gasteiger partial charge in [-0.3, -0.25) is 4.79 Å². The summed E-state index contributed by atoms with van der Waals surface area (Å²) in [6, 6.07) is 9.17. The molecule has 3 amide bonds. The summed E-state index contributed by atoms with van der Waals surface area (Å²) in [4.78, 5) is 26.4. The van der Waals surface area contributed by atoms with E-state index in [2.05, 4.69) is 10.6 Å². The zero-order valence-corrected chi connectivity index (χ0v) is 15.5. The molecule has 0 aliphatic rings. The van der Waals surface area contributed by atoms with E-state index in [-0.39, 0.29) is 18.5 Å². The number of nitrogens with one attached hydrogen (secondary N) is 2. The maximum Gasteiger partial charge on any atom is 0.319 e. The van der Waals surface area contributed by atoms with Crippen LogP contribution in [0.4, 0.5) is 10.5 Å². The van der Waals surface area contributed by atoms with Gasteiger partial charge >= 0.3 is 6.03 Å². The fourth-order valence-corrected chi connectivity index (χ4v) is 2.75. The molecule has 7 heteroatoms. The zero-order chi connectivity index (χ0) is 18.2. The Morgan fingerprint density at radius 2 is 2.04 bits per heavy atom. The molecular weight excluding hydrogens is 338 g/mol. The quantitative estimate of drug-likeness (QED) is 0.797. The molecule has 25 heavy (non-hydrogen) atoms. The molecular formula is C18H23N3O3S. The lowest BCUT2D eigenvalue weighted by molar-refractivity contribution is -0.130. The Kier molecular flexibility index (Phi) is 6.82. The van der Waals surface area contributed by atoms with E-state index >= 15 is 0 Å². The second-order valence-corrected chi connectivity index (χ2v) is 6.82. The number of hydrogen-bond donors (Lipinski definition) is 2. The summed E-state index contributed by atoms with van der Waals surface area (Å²) in [6.07, 6.45) is 0.791. The average molecular weight is 361 g/mol. The molecule has 0 fully saturated rings. The van der Waals surface area contributed by atoms with Gasteiger partial charge in [0.25, 0.3) is 5.91 Å². The largest absolute Gasteiger partial charge is 0.482 e. The zero-order valence-electron chi connectivity index (χ0n) is 14.7. The lowest BCUT2D eigenvalue weighted by atomic mass is 10.2. The van der Waals surface area contributed by atoms with E-state index in [1.165, 1.54) is 9.78 Å². The summed E-state index contributed by atoms with van der Waals surface area (Å²) in [5.41, 5.74) is 1.52. The van der Waals surface area contributed by atoms with Gasteiger partial charge in [0.2, 0.25) is 0 Å². The number of hydrogen-bond acceptors (Lipinski definition) is 4. The van der Waals surface area contributed by atoms with Crippen LogP contribution in [0.25, 0.3) is 0 Å². The minimum atomic E-state index is -0.302. The Bertz CT molecular complexity index is 714. The first-order valence-corrected chi connectivity index (χ1v) is 8.84. The van der Waals surface area contributed by atoms with Crippen molar-refractivity contribution in [2.75, 3.05) is 32.6 Å². The highest BCUT2D eigenvalue weighted by atomic mass is 32.1. The molecule has 1 aromatic heterocycles. The van der Waals surface area contributed by atoms with Gasteiger partial charge in [0, 0.05) is 25.5 Å². The van der Waals surface area contributed by atoms with Crippen LogP contribution in [0, 0.1) is 6.92 Å². The van der Waals surface area contributed by atoms with Gasteiger partial charge in [-0.05, 0) is 42.5 Å². The highest BCUT2D eigenvalue weighted by Crippen LogP contribution is 2.25. The standard InChI is InChI=1S/C18H23N3O3S/c1-13-6-7-15(16(11-13)24-12-17(22)21(2)3)20-18(23)19-9-8-14-5-4-10-25-14/h4-7,10-11H,8-9,12H2,1-3H3,(H2,19,20,23). The number of carbonyl (C=O) groups is 2. The minimum Gasteiger partial charge on any atom is -0.482 e. The van der Waals surface area contributed by atoms with Crippen molar-refractivity contribution in [1.82, 2.24) is 10.2 Å². The molecule has 0 radical (unpaired) electrons. The molecule has 1 aromatic carbocycles. The SMILES string of the molecule is Cc1ccc(NC(=O)NCCc2cccs2)c(OCC(=O)N(C)C)c1. The monoisotopic (exact) mass is 361 g/mol. The van der Waals surface area contributed by atoms with Gasteiger partial charge in [0.05, 0.1) is 5.69 Å². The average Bonchev–Trinajstić information content (AvgIpc) is 3.08. The van der Waals surface area contributed by atoms with Gasteiger partial charge in [-0.25, -0.2) is 4.79 Å². The first-order valence-electron chi connectivity index (χ1n) is 7.96. The molecule has 0 atom stereocenters. The van der Waals surface area contributed by atoms with Crippen molar-refractivity contribution in [2.45, 2.75) is 13.3 Å². The lowest BCUT2D eigenvalue weighted by Crippen LogP contribution is -2.31. The number of rotatable bonds is 7. The van der Waals surface area contributed by atoms with Crippen molar-refractivity contribution >= 4 is 29.0 Å². The van der Waals surface area contributed by atoms with E-state index in [9.17, 15) is 9.59 Å². The summed E-state index contributed by atoms with van der Waals surface area (Å²) in [6.45, 7) is 2.39. The molecule has 2 N–H and O–H groups in total. The van der Waals surface area contributed by atoms with Gasteiger partial charge in [-0.15, -0.1) is 11.3 Å². The van der Waals surface area contributed by atoms with E-state index in [1.54, 1.807) is 37.6 Å². The summed E-state index contributed by atoms with van der Waals surface area (Å²) in [5, 5.41) is 7.61. The smallest absolute Gasteiger partial charge is 0.319 e. The minimum absolute atomic E-state index is 0.0782. The van der Waals surface area contributed by atoms with E-state index in [4.69, 9.17) is 4.74 Å². The summed E-state index contributed by atoms with van der Waals surface area (Å²) in [7, 11) is 3.34. The van der Waals surface area contributed by atoms with Crippen LogP contribution in [0.15, 0.2) is 35.7 Å². The first kappa shape index (κ1) is 18.8. The Balaban J connectivity index is 1.91. The normalized spacial score (nSPS) is 10.2. The molecule has 1 heterocycles. The lowest BCUT2D eigenvalue weighted by Gasteiger charge is -2.15. The summed E-state index contributed by atoms with van der Waals surface area (Å²) in [5.74, 6) is 0.330. The molecule has 0 spiro atoms. The second kappa shape index (κ2) is 9.08. The molecule has 2 aromatic rings. The topological polar surface area (TPSA) is 70.7 Å². The maximum atomic E-state index is 12.1. The molecule has 0 aliphatic heterocycles. The number of carbonyl (C=O) groups excluding carboxylic acids is 2. The predicted octanol–water partition coefficient (Wildman–Crippen LogP) is 2.89. The van der Waals surface area contributed by atoms with Crippen molar-refractivity contribution in [3.63, 3.8) is 0 Å². The van der Waals surface area contributed by atoms with Crippen LogP contribution in [0.5, 0.6) is 5.75 Å². The van der Waals surface area contributed by atoms with Crippen LogP contribution >= 0.6 is 11.3 Å². The number of urea groups is 1. The van der Waals surface area contributed by atoms with Gasteiger partial charge in [0.15, 0.2) is 6.61 Å². The third-order valence-electron chi connectivity index (χ3n) is 3.47. The third-order valence-corrected chi connectivity index (χ3v) is 4.41. The highest BCUT2D eigenvalue weighted by molar-refractivity contribution is 7.09. The number of aryl methyl sites for hydroxylation is 1. The molecule has 134 valence electrons. The number of ether oxygens (including phenoxy) is 1. The molecule has 0 aliphatic carbocycles. The fraction of sp³-hybridized carbons (Fsp3) is 0.333. The first-order chi connectivity index (χ1) is 12.0. The summed E-state index contributed by atoms with van der Waals surface area (Å²) < 4.78 is 5.57. The van der Waals surface area contributed by atoms with Crippen LogP contribution in [0.1, 0.15) is 10.4 Å². The van der Waals surface area contributed by atoms with Gasteiger partial charge in [-0.2, -0.15) is 0 Å². The van der Waals surface area contributed by atoms with E-state index in [0.29, 0.717) is 18.0 Å². The fourth-order valence-electron chi connectivity index (χ4n) is 2.04. The van der Waals surface area contributed by atoms with E-state index in [0.717, 1.165) is 12.0 Å². The van der Waals surface area contributed by atoms with Crippen LogP contribution < -0.4 is 15.4 Å². The predicted molar refractivity (Wildman–Crippen MR) is 100 cm³/mol. The highest BCUT2D eigenvalue weighted by Gasteiger charge is 2.11. The Morgan fingerprint density at radius 1 is 1.24 bits per heavy atom. The van der Waals surface area contributed by atoms with Crippen LogP contribution in [0.2, 0.25) is 0 Å². The van der Waals surface area contributed by atoms with Crippen LogP contribution in [0.3, 0.4) is 0 Å². The molecule has 2 rings (SSSR count). The van der Waals surface area contributed by atoms with Gasteiger partial charge < -0.3 is 20.3 Å². The van der Waals surface area contributed by atoms with Crippen molar-refractivity contribution in [2.24, 2.45) is 0 Å². The van der Waals surface area contributed by atoms with Crippen molar-refractivity contribution in [1.29, 1.82) is 0 Å². The second-order valence-electron chi connectivity index (χ2n) is 5.79. The number of likely N-dealkylation sites (N-methyl/N-ethyl adjacent to an activating group) is 1. The molecule has 0 saturated carbocycles. The Labute approximate surface area is 151 Å². The van der Waals surface area contributed by atoms with Crippen molar-refractivity contribution in [3.8, 4) is 5.75 Å². The van der Waals surface area contributed by atoms with Gasteiger partial charge in [0.1, 0.15) is 5.75 Å². The maximum absolute atomic E-state index is 12.1. The molecule has 0 unspecified atom stereocenters. The van der Waals surface area contributed by atoms with Crippen LogP contribution in [-0.2, 0) is 11.2 Å². The van der Waals surface area contributed by atoms with E-state index in [1.807, 2.05) is 30.5 Å². The third kappa shape index (κ3) is 6.11. The van der Waals surface area contributed by atoms with E-state index < -0.39 is 0 Å². The molecule has 0 saturated heterocycles. The summed E-state index contributed by atoms with van der Waals surface area (Å²) >= 11 is 1.67. The number of amides is 3. The van der Waals surface area contributed by atoms with Gasteiger partial charge in [-0.1, -0.05) is 12.1 Å². The number of anilines is 1. The number of thiophene rings is 1. The molecule has 0 bridgehead atoms.